The highest BCUT2D eigenvalue weighted by atomic mass is 32.2. The highest BCUT2D eigenvalue weighted by Crippen LogP contribution is 2.18. The predicted molar refractivity (Wildman–Crippen MR) is 128 cm³/mol. The number of rotatable bonds is 8. The number of sulfonamides is 1. The van der Waals surface area contributed by atoms with Crippen LogP contribution in [-0.2, 0) is 21.4 Å². The van der Waals surface area contributed by atoms with E-state index in [1.165, 1.54) is 5.56 Å². The van der Waals surface area contributed by atoms with Gasteiger partial charge < -0.3 is 5.32 Å². The number of nitrogens with zero attached hydrogens (tertiary/aromatic N) is 1. The van der Waals surface area contributed by atoms with Crippen molar-refractivity contribution in [3.8, 4) is 0 Å². The van der Waals surface area contributed by atoms with Crippen molar-refractivity contribution in [2.45, 2.75) is 64.1 Å². The molecule has 1 saturated heterocycles. The second-order valence-corrected chi connectivity index (χ2v) is 10.8. The van der Waals surface area contributed by atoms with Gasteiger partial charge in [-0.25, -0.2) is 8.42 Å². The highest BCUT2D eigenvalue weighted by Gasteiger charge is 2.30. The van der Waals surface area contributed by atoms with E-state index >= 15 is 0 Å². The van der Waals surface area contributed by atoms with Gasteiger partial charge in [-0.2, -0.15) is 4.72 Å². The molecule has 0 spiro atoms. The Balaban J connectivity index is 1.58. The summed E-state index contributed by atoms with van der Waals surface area (Å²) in [5.41, 5.74) is 3.22. The molecule has 2 aromatic carbocycles. The third-order valence-electron chi connectivity index (χ3n) is 6.20. The smallest absolute Gasteiger partial charge is 0.241 e. The first-order chi connectivity index (χ1) is 15.2. The number of carbonyl (C=O) groups excluding carboxylic acids is 1. The molecule has 0 aromatic heterocycles. The summed E-state index contributed by atoms with van der Waals surface area (Å²) in [4.78, 5) is 15.6. The van der Waals surface area contributed by atoms with E-state index in [1.54, 1.807) is 18.2 Å². The van der Waals surface area contributed by atoms with Crippen LogP contribution in [0.2, 0.25) is 0 Å². The molecule has 0 saturated carbocycles. The van der Waals surface area contributed by atoms with Crippen LogP contribution in [-0.4, -0.2) is 44.4 Å². The quantitative estimate of drug-likeness (QED) is 0.637. The lowest BCUT2D eigenvalue weighted by Crippen LogP contribution is -2.53. The summed E-state index contributed by atoms with van der Waals surface area (Å²) in [6, 6.07) is 14.6. The normalized spacial score (nSPS) is 16.8. The Labute approximate surface area is 192 Å². The highest BCUT2D eigenvalue weighted by molar-refractivity contribution is 7.89. The molecule has 0 radical (unpaired) electrons. The molecular weight excluding hydrogens is 422 g/mol. The minimum absolute atomic E-state index is 0.0573. The monoisotopic (exact) mass is 457 g/mol. The second kappa shape index (κ2) is 10.6. The van der Waals surface area contributed by atoms with E-state index in [4.69, 9.17) is 0 Å². The fraction of sp³-hybridized carbons (Fsp3) is 0.480. The van der Waals surface area contributed by atoms with Crippen LogP contribution >= 0.6 is 0 Å². The molecule has 1 unspecified atom stereocenters. The van der Waals surface area contributed by atoms with Gasteiger partial charge in [0.25, 0.3) is 0 Å². The van der Waals surface area contributed by atoms with E-state index in [2.05, 4.69) is 27.1 Å². The van der Waals surface area contributed by atoms with Gasteiger partial charge >= 0.3 is 0 Å². The van der Waals surface area contributed by atoms with Crippen LogP contribution in [0.4, 0.5) is 0 Å². The molecule has 1 fully saturated rings. The second-order valence-electron chi connectivity index (χ2n) is 9.13. The largest absolute Gasteiger partial charge is 0.352 e. The van der Waals surface area contributed by atoms with Crippen LogP contribution in [0.25, 0.3) is 0 Å². The van der Waals surface area contributed by atoms with Gasteiger partial charge in [-0.1, -0.05) is 50.2 Å². The molecule has 7 heteroatoms. The van der Waals surface area contributed by atoms with Gasteiger partial charge in [-0.05, 0) is 61.4 Å². The summed E-state index contributed by atoms with van der Waals surface area (Å²) in [6.07, 6.45) is 1.71. The maximum absolute atomic E-state index is 13.0. The van der Waals surface area contributed by atoms with Crippen LogP contribution in [0.5, 0.6) is 0 Å². The predicted octanol–water partition coefficient (Wildman–Crippen LogP) is 3.39. The van der Waals surface area contributed by atoms with Crippen molar-refractivity contribution in [3.05, 3.63) is 65.2 Å². The standard InChI is InChI=1S/C25H35N3O3S/c1-18(2)24(27-32(30,31)23-11-10-19(3)20(4)16-23)25(29)26-22-12-14-28(15-13-22)17-21-8-6-5-7-9-21/h5-11,16,18,22,24,27H,12-15,17H2,1-4H3,(H,26,29). The molecule has 1 atom stereocenters. The average molecular weight is 458 g/mol. The Morgan fingerprint density at radius 1 is 1.03 bits per heavy atom. The SMILES string of the molecule is Cc1ccc(S(=O)(=O)NC(C(=O)NC2CCN(Cc3ccccc3)CC2)C(C)C)cc1C. The maximum atomic E-state index is 13.0. The van der Waals surface area contributed by atoms with E-state index in [-0.39, 0.29) is 22.8 Å². The third-order valence-corrected chi connectivity index (χ3v) is 7.64. The van der Waals surface area contributed by atoms with Crippen molar-refractivity contribution in [1.82, 2.24) is 14.9 Å². The van der Waals surface area contributed by atoms with Gasteiger partial charge in [0.05, 0.1) is 4.90 Å². The Kier molecular flexibility index (Phi) is 8.09. The summed E-state index contributed by atoms with van der Waals surface area (Å²) < 4.78 is 28.5. The average Bonchev–Trinajstić information content (AvgIpc) is 2.76. The van der Waals surface area contributed by atoms with Gasteiger partial charge in [-0.15, -0.1) is 0 Å². The number of likely N-dealkylation sites (tertiary alicyclic amines) is 1. The fourth-order valence-corrected chi connectivity index (χ4v) is 5.41. The zero-order valence-electron chi connectivity index (χ0n) is 19.5. The zero-order valence-corrected chi connectivity index (χ0v) is 20.3. The molecule has 6 nitrogen and oxygen atoms in total. The van der Waals surface area contributed by atoms with Gasteiger partial charge in [0.15, 0.2) is 0 Å². The first-order valence-corrected chi connectivity index (χ1v) is 12.8. The number of hydrogen-bond donors (Lipinski definition) is 2. The fourth-order valence-electron chi connectivity index (χ4n) is 3.98. The number of piperidine rings is 1. The van der Waals surface area contributed by atoms with E-state index in [0.29, 0.717) is 0 Å². The molecule has 0 bridgehead atoms. The molecule has 1 amide bonds. The van der Waals surface area contributed by atoms with E-state index in [1.807, 2.05) is 45.9 Å². The summed E-state index contributed by atoms with van der Waals surface area (Å²) >= 11 is 0. The van der Waals surface area contributed by atoms with Crippen molar-refractivity contribution < 1.29 is 13.2 Å². The van der Waals surface area contributed by atoms with Crippen molar-refractivity contribution in [3.63, 3.8) is 0 Å². The zero-order chi connectivity index (χ0) is 23.3. The molecule has 2 aromatic rings. The van der Waals surface area contributed by atoms with Crippen molar-refractivity contribution >= 4 is 15.9 Å². The minimum Gasteiger partial charge on any atom is -0.352 e. The van der Waals surface area contributed by atoms with Gasteiger partial charge in [0.2, 0.25) is 15.9 Å². The molecule has 32 heavy (non-hydrogen) atoms. The molecule has 2 N–H and O–H groups in total. The lowest BCUT2D eigenvalue weighted by atomic mass is 10.0. The van der Waals surface area contributed by atoms with Crippen LogP contribution in [0.15, 0.2) is 53.4 Å². The Morgan fingerprint density at radius 2 is 1.69 bits per heavy atom. The van der Waals surface area contributed by atoms with Crippen LogP contribution in [0.1, 0.15) is 43.4 Å². The van der Waals surface area contributed by atoms with Gasteiger partial charge in [0.1, 0.15) is 6.04 Å². The summed E-state index contributed by atoms with van der Waals surface area (Å²) in [6.45, 7) is 10.2. The third kappa shape index (κ3) is 6.40. The number of aryl methyl sites for hydroxylation is 2. The van der Waals surface area contributed by atoms with Crippen molar-refractivity contribution in [2.24, 2.45) is 5.92 Å². The van der Waals surface area contributed by atoms with Crippen molar-refractivity contribution in [2.75, 3.05) is 13.1 Å². The lowest BCUT2D eigenvalue weighted by molar-refractivity contribution is -0.124. The molecule has 0 aliphatic carbocycles. The van der Waals surface area contributed by atoms with E-state index in [9.17, 15) is 13.2 Å². The van der Waals surface area contributed by atoms with E-state index < -0.39 is 16.1 Å². The number of benzene rings is 2. The molecule has 174 valence electrons. The van der Waals surface area contributed by atoms with E-state index in [0.717, 1.165) is 43.6 Å². The first-order valence-electron chi connectivity index (χ1n) is 11.3. The summed E-state index contributed by atoms with van der Waals surface area (Å²) in [7, 11) is -3.79. The van der Waals surface area contributed by atoms with Gasteiger partial charge in [0, 0.05) is 25.7 Å². The first kappa shape index (κ1) is 24.4. The Bertz CT molecular complexity index is 1010. The Morgan fingerprint density at radius 3 is 2.28 bits per heavy atom. The lowest BCUT2D eigenvalue weighted by Gasteiger charge is -2.33. The van der Waals surface area contributed by atoms with Gasteiger partial charge in [-0.3, -0.25) is 9.69 Å². The van der Waals surface area contributed by atoms with Crippen LogP contribution in [0, 0.1) is 19.8 Å². The Hall–Kier alpha value is -2.22. The number of hydrogen-bond acceptors (Lipinski definition) is 4. The van der Waals surface area contributed by atoms with Crippen LogP contribution in [0.3, 0.4) is 0 Å². The number of carbonyl (C=O) groups is 1. The number of amides is 1. The maximum Gasteiger partial charge on any atom is 0.241 e. The molecular formula is C25H35N3O3S. The molecule has 1 heterocycles. The summed E-state index contributed by atoms with van der Waals surface area (Å²) in [5, 5.41) is 3.09. The summed E-state index contributed by atoms with van der Waals surface area (Å²) in [5.74, 6) is -0.427. The van der Waals surface area contributed by atoms with Crippen molar-refractivity contribution in [1.29, 1.82) is 0 Å². The number of nitrogens with one attached hydrogen (secondary N) is 2. The molecule has 3 rings (SSSR count). The molecule has 1 aliphatic rings. The topological polar surface area (TPSA) is 78.5 Å². The minimum atomic E-state index is -3.79. The van der Waals surface area contributed by atoms with Crippen LogP contribution < -0.4 is 10.0 Å². The molecule has 1 aliphatic heterocycles.